The van der Waals surface area contributed by atoms with Crippen LogP contribution in [0, 0.1) is 0 Å². The molecule has 3 N–H and O–H groups in total. The summed E-state index contributed by atoms with van der Waals surface area (Å²) in [5, 5.41) is 8.61. The van der Waals surface area contributed by atoms with Gasteiger partial charge in [0.05, 0.1) is 13.2 Å². The van der Waals surface area contributed by atoms with E-state index in [-0.39, 0.29) is 24.9 Å². The molecule has 1 aliphatic rings. The molecular formula is C27H39N3O6. The van der Waals surface area contributed by atoms with E-state index in [1.54, 1.807) is 12.1 Å². The zero-order valence-corrected chi connectivity index (χ0v) is 21.2. The van der Waals surface area contributed by atoms with E-state index >= 15 is 0 Å². The quantitative estimate of drug-likeness (QED) is 0.170. The number of hydrogen-bond acceptors (Lipinski definition) is 7. The first-order chi connectivity index (χ1) is 17.5. The lowest BCUT2D eigenvalue weighted by Crippen LogP contribution is -2.28. The van der Waals surface area contributed by atoms with Gasteiger partial charge in [0.2, 0.25) is 5.91 Å². The first-order valence-corrected chi connectivity index (χ1v) is 12.8. The highest BCUT2D eigenvalue weighted by Gasteiger charge is 2.19. The monoisotopic (exact) mass is 501 g/mol. The number of unbranched alkanes of at least 4 members (excludes halogenated alkanes) is 3. The summed E-state index contributed by atoms with van der Waals surface area (Å²) in [6, 6.07) is 7.31. The van der Waals surface area contributed by atoms with Gasteiger partial charge in [-0.25, -0.2) is 4.79 Å². The molecule has 1 aliphatic carbocycles. The molecule has 1 aromatic rings. The lowest BCUT2D eigenvalue weighted by molar-refractivity contribution is -0.126. The Morgan fingerprint density at radius 1 is 0.944 bits per heavy atom. The van der Waals surface area contributed by atoms with E-state index in [1.807, 2.05) is 19.2 Å². The van der Waals surface area contributed by atoms with E-state index in [4.69, 9.17) is 9.47 Å². The largest absolute Gasteiger partial charge is 0.449 e. The number of nitrogens with one attached hydrogen (secondary N) is 3. The van der Waals surface area contributed by atoms with Gasteiger partial charge in [0.1, 0.15) is 12.9 Å². The predicted molar refractivity (Wildman–Crippen MR) is 136 cm³/mol. The van der Waals surface area contributed by atoms with Gasteiger partial charge < -0.3 is 30.2 Å². The summed E-state index contributed by atoms with van der Waals surface area (Å²) >= 11 is 0. The fourth-order valence-electron chi connectivity index (χ4n) is 3.89. The lowest BCUT2D eigenvalue weighted by atomic mass is 9.90. The van der Waals surface area contributed by atoms with Gasteiger partial charge in [-0.05, 0) is 44.1 Å². The second-order valence-electron chi connectivity index (χ2n) is 8.70. The van der Waals surface area contributed by atoms with Crippen LogP contribution in [0.4, 0.5) is 4.79 Å². The highest BCUT2D eigenvalue weighted by Crippen LogP contribution is 2.26. The van der Waals surface area contributed by atoms with E-state index < -0.39 is 6.09 Å². The Labute approximate surface area is 213 Å². The first-order valence-electron chi connectivity index (χ1n) is 12.8. The molecule has 36 heavy (non-hydrogen) atoms. The van der Waals surface area contributed by atoms with E-state index in [0.717, 1.165) is 68.1 Å². The molecule has 0 atom stereocenters. The number of benzene rings is 1. The van der Waals surface area contributed by atoms with Crippen molar-refractivity contribution in [1.29, 1.82) is 0 Å². The number of aldehydes is 1. The van der Waals surface area contributed by atoms with Crippen molar-refractivity contribution in [2.45, 2.75) is 64.3 Å². The molecule has 9 heteroatoms. The minimum Gasteiger partial charge on any atom is -0.449 e. The second kappa shape index (κ2) is 17.3. The van der Waals surface area contributed by atoms with Crippen molar-refractivity contribution in [1.82, 2.24) is 16.0 Å². The molecule has 0 saturated heterocycles. The maximum absolute atomic E-state index is 12.8. The van der Waals surface area contributed by atoms with Crippen LogP contribution in [0.15, 0.2) is 35.5 Å². The minimum absolute atomic E-state index is 0.0654. The van der Waals surface area contributed by atoms with Crippen LogP contribution in [0.1, 0.15) is 73.7 Å². The number of carbonyl (C=O) groups is 4. The van der Waals surface area contributed by atoms with Crippen molar-refractivity contribution in [3.8, 4) is 0 Å². The molecule has 0 fully saturated rings. The Bertz CT molecular complexity index is 882. The number of rotatable bonds is 17. The molecule has 2 rings (SSSR count). The maximum Gasteiger partial charge on any atom is 0.407 e. The summed E-state index contributed by atoms with van der Waals surface area (Å²) in [5.74, 6) is -0.176. The average Bonchev–Trinajstić information content (AvgIpc) is 2.91. The molecule has 0 bridgehead atoms. The van der Waals surface area contributed by atoms with E-state index in [0.29, 0.717) is 38.1 Å². The number of amides is 2. The third-order valence-corrected chi connectivity index (χ3v) is 5.92. The second-order valence-corrected chi connectivity index (χ2v) is 8.70. The Balaban J connectivity index is 1.55. The fourth-order valence-corrected chi connectivity index (χ4v) is 3.89. The molecule has 0 radical (unpaired) electrons. The summed E-state index contributed by atoms with van der Waals surface area (Å²) in [5.41, 5.74) is 3.46. The van der Waals surface area contributed by atoms with Gasteiger partial charge in [0, 0.05) is 49.8 Å². The smallest absolute Gasteiger partial charge is 0.407 e. The van der Waals surface area contributed by atoms with Crippen molar-refractivity contribution < 1.29 is 28.7 Å². The average molecular weight is 502 g/mol. The number of Topliss-reactive ketones (excluding diaryl/α,β-unsaturated/α-hetero) is 1. The highest BCUT2D eigenvalue weighted by atomic mass is 16.5. The topological polar surface area (TPSA) is 123 Å². The normalized spacial score (nSPS) is 13.1. The zero-order valence-electron chi connectivity index (χ0n) is 21.2. The van der Waals surface area contributed by atoms with Crippen LogP contribution >= 0.6 is 0 Å². The molecule has 9 nitrogen and oxygen atoms in total. The van der Waals surface area contributed by atoms with E-state index in [1.165, 1.54) is 0 Å². The van der Waals surface area contributed by atoms with Crippen LogP contribution in [0.2, 0.25) is 0 Å². The number of ketones is 1. The molecule has 0 aliphatic heterocycles. The third kappa shape index (κ3) is 11.0. The Morgan fingerprint density at radius 2 is 1.72 bits per heavy atom. The number of carbonyl (C=O) groups excluding carboxylic acids is 4. The Hall–Kier alpha value is -3.20. The highest BCUT2D eigenvalue weighted by molar-refractivity contribution is 6.09. The van der Waals surface area contributed by atoms with Gasteiger partial charge in [-0.2, -0.15) is 0 Å². The van der Waals surface area contributed by atoms with Gasteiger partial charge in [0.25, 0.3) is 0 Å². The molecule has 0 saturated carbocycles. The summed E-state index contributed by atoms with van der Waals surface area (Å²) in [6.07, 6.45) is 7.82. The van der Waals surface area contributed by atoms with Crippen LogP contribution < -0.4 is 16.0 Å². The molecule has 0 aromatic heterocycles. The van der Waals surface area contributed by atoms with E-state index in [2.05, 4.69) is 16.0 Å². The third-order valence-electron chi connectivity index (χ3n) is 5.92. The molecule has 0 spiro atoms. The zero-order chi connectivity index (χ0) is 26.0. The Morgan fingerprint density at radius 3 is 2.47 bits per heavy atom. The van der Waals surface area contributed by atoms with Gasteiger partial charge in [-0.15, -0.1) is 0 Å². The van der Waals surface area contributed by atoms with Gasteiger partial charge in [-0.1, -0.05) is 30.7 Å². The lowest BCUT2D eigenvalue weighted by Gasteiger charge is -2.19. The summed E-state index contributed by atoms with van der Waals surface area (Å²) in [4.78, 5) is 46.6. The molecule has 0 heterocycles. The molecular weight excluding hydrogens is 462 g/mol. The van der Waals surface area contributed by atoms with Crippen LogP contribution in [0.25, 0.3) is 0 Å². The number of allylic oxidation sites excluding steroid dienone is 2. The number of ether oxygens (including phenoxy) is 2. The summed E-state index contributed by atoms with van der Waals surface area (Å²) in [7, 11) is 1.86. The molecule has 198 valence electrons. The molecule has 2 amide bonds. The van der Waals surface area contributed by atoms with Crippen LogP contribution in [0.5, 0.6) is 0 Å². The van der Waals surface area contributed by atoms with E-state index in [9.17, 15) is 19.2 Å². The molecule has 0 unspecified atom stereocenters. The van der Waals surface area contributed by atoms with Crippen LogP contribution in [-0.2, 0) is 25.6 Å². The van der Waals surface area contributed by atoms with Crippen molar-refractivity contribution in [3.05, 3.63) is 46.7 Å². The predicted octanol–water partition coefficient (Wildman–Crippen LogP) is 3.43. The van der Waals surface area contributed by atoms with Gasteiger partial charge >= 0.3 is 6.09 Å². The minimum atomic E-state index is -0.478. The van der Waals surface area contributed by atoms with Crippen molar-refractivity contribution in [2.75, 3.05) is 33.4 Å². The number of hydrogen-bond donors (Lipinski definition) is 3. The standard InChI is InChI=1S/C27H39N3O6/c1-28-24-10-5-4-9-23(24)26(33)22-13-11-21(12-14-22)19-30-25(32)20-35-17-8-18-36-27(34)29-15-6-2-3-7-16-31/h11-14,16,28H,2-10,15,17-20H2,1H3,(H,29,34)(H,30,32). The van der Waals surface area contributed by atoms with Crippen LogP contribution in [0.3, 0.4) is 0 Å². The van der Waals surface area contributed by atoms with Crippen molar-refractivity contribution >= 4 is 24.1 Å². The van der Waals surface area contributed by atoms with Crippen LogP contribution in [-0.4, -0.2) is 57.5 Å². The SMILES string of the molecule is CNC1=C(C(=O)c2ccc(CNC(=O)COCCCOC(=O)NCCCCCC=O)cc2)CCCC1. The van der Waals surface area contributed by atoms with Crippen molar-refractivity contribution in [2.24, 2.45) is 0 Å². The summed E-state index contributed by atoms with van der Waals surface area (Å²) in [6.45, 7) is 1.29. The summed E-state index contributed by atoms with van der Waals surface area (Å²) < 4.78 is 10.4. The fraction of sp³-hybridized carbons (Fsp3) is 0.556. The van der Waals surface area contributed by atoms with Gasteiger partial charge in [-0.3, -0.25) is 9.59 Å². The number of alkyl carbamates (subject to hydrolysis) is 1. The Kier molecular flexibility index (Phi) is 13.9. The maximum atomic E-state index is 12.8. The van der Waals surface area contributed by atoms with Gasteiger partial charge in [0.15, 0.2) is 5.78 Å². The molecule has 1 aromatic carbocycles. The van der Waals surface area contributed by atoms with Crippen molar-refractivity contribution in [3.63, 3.8) is 0 Å². The first kappa shape index (κ1) is 29.0.